The van der Waals surface area contributed by atoms with Gasteiger partial charge in [-0.3, -0.25) is 19.4 Å². The number of hydrogen-bond donors (Lipinski definition) is 4. The molecule has 2 aliphatic heterocycles. The summed E-state index contributed by atoms with van der Waals surface area (Å²) in [5.74, 6) is 0.512. The van der Waals surface area contributed by atoms with Crippen molar-refractivity contribution in [2.45, 2.75) is 64.5 Å². The number of guanidine groups is 2. The molecule has 0 saturated carbocycles. The third-order valence-electron chi connectivity index (χ3n) is 9.46. The van der Waals surface area contributed by atoms with Crippen molar-refractivity contribution < 1.29 is 19.6 Å². The molecule has 0 spiro atoms. The summed E-state index contributed by atoms with van der Waals surface area (Å²) >= 11 is 3.42. The molecule has 52 heavy (non-hydrogen) atoms. The summed E-state index contributed by atoms with van der Waals surface area (Å²) in [4.78, 5) is 35.8. The Morgan fingerprint density at radius 2 is 1.13 bits per heavy atom. The summed E-state index contributed by atoms with van der Waals surface area (Å²) in [5.41, 5.74) is 17.8. The minimum Gasteiger partial charge on any atom is -0.423 e. The molecule has 2 heterocycles. The Labute approximate surface area is 315 Å². The molecule has 4 aromatic rings. The van der Waals surface area contributed by atoms with Gasteiger partial charge in [-0.25, -0.2) is 9.98 Å². The molecule has 2 atom stereocenters. The van der Waals surface area contributed by atoms with Crippen LogP contribution in [0, 0.1) is 0 Å². The van der Waals surface area contributed by atoms with Gasteiger partial charge >= 0.3 is 7.12 Å². The van der Waals surface area contributed by atoms with E-state index in [0.29, 0.717) is 18.3 Å². The van der Waals surface area contributed by atoms with Crippen molar-refractivity contribution in [1.29, 1.82) is 0 Å². The van der Waals surface area contributed by atoms with E-state index in [0.717, 1.165) is 39.6 Å². The summed E-state index contributed by atoms with van der Waals surface area (Å²) in [6, 6.07) is 31.8. The molecule has 2 amide bonds. The molecule has 0 fully saturated rings. The highest BCUT2D eigenvalue weighted by molar-refractivity contribution is 9.10. The lowest BCUT2D eigenvalue weighted by Crippen LogP contribution is -2.47. The van der Waals surface area contributed by atoms with Gasteiger partial charge in [0, 0.05) is 18.6 Å². The smallest absolute Gasteiger partial charge is 0.423 e. The Hall–Kier alpha value is -4.78. The molecule has 2 unspecified atom stereocenters. The monoisotopic (exact) mass is 766 g/mol. The first kappa shape index (κ1) is 40.0. The summed E-state index contributed by atoms with van der Waals surface area (Å²) < 4.78 is 0.969. The largest absolute Gasteiger partial charge is 0.488 e. The number of hydrogen-bond acceptors (Lipinski definition) is 8. The second-order valence-corrected chi connectivity index (χ2v) is 14.3. The minimum atomic E-state index is -1.35. The molecule has 0 bridgehead atoms. The van der Waals surface area contributed by atoms with Crippen LogP contribution in [0.15, 0.2) is 112 Å². The lowest BCUT2D eigenvalue weighted by atomic mass is 9.80. The summed E-state index contributed by atoms with van der Waals surface area (Å²) in [7, 11) is 1.95. The lowest BCUT2D eigenvalue weighted by molar-refractivity contribution is -0.129. The van der Waals surface area contributed by atoms with Crippen LogP contribution < -0.4 is 16.9 Å². The summed E-state index contributed by atoms with van der Waals surface area (Å²) in [5, 5.41) is 17.5. The molecule has 4 aromatic carbocycles. The van der Waals surface area contributed by atoms with E-state index in [4.69, 9.17) is 21.5 Å². The zero-order chi connectivity index (χ0) is 38.2. The zero-order valence-corrected chi connectivity index (χ0v) is 32.3. The van der Waals surface area contributed by atoms with Crippen LogP contribution in [0.5, 0.6) is 0 Å². The maximum absolute atomic E-state index is 12.2. The van der Waals surface area contributed by atoms with Gasteiger partial charge in [0.05, 0.1) is 23.9 Å². The predicted molar refractivity (Wildman–Crippen MR) is 214 cm³/mol. The molecule has 10 nitrogen and oxygen atoms in total. The first-order valence-corrected chi connectivity index (χ1v) is 18.0. The van der Waals surface area contributed by atoms with Crippen LogP contribution in [0.25, 0.3) is 11.1 Å². The van der Waals surface area contributed by atoms with Gasteiger partial charge in [0.25, 0.3) is 0 Å². The van der Waals surface area contributed by atoms with Gasteiger partial charge in [-0.1, -0.05) is 109 Å². The number of carbonyl (C=O) groups excluding carboxylic acids is 2. The molecule has 6 rings (SSSR count). The van der Waals surface area contributed by atoms with E-state index in [9.17, 15) is 9.59 Å². The number of nitrogens with zero attached hydrogens (tertiary/aromatic N) is 4. The molecule has 0 saturated heterocycles. The van der Waals surface area contributed by atoms with E-state index in [1.165, 1.54) is 20.9 Å². The van der Waals surface area contributed by atoms with Crippen LogP contribution >= 0.6 is 15.9 Å². The van der Waals surface area contributed by atoms with Crippen molar-refractivity contribution in [3.8, 4) is 11.1 Å². The predicted octanol–water partition coefficient (Wildman–Crippen LogP) is 5.08. The molecule has 6 N–H and O–H groups in total. The van der Waals surface area contributed by atoms with Crippen molar-refractivity contribution in [3.05, 3.63) is 124 Å². The van der Waals surface area contributed by atoms with E-state index < -0.39 is 18.2 Å². The quantitative estimate of drug-likeness (QED) is 0.201. The molecule has 0 radical (unpaired) electrons. The number of amides is 2. The highest BCUT2D eigenvalue weighted by Crippen LogP contribution is 2.36. The van der Waals surface area contributed by atoms with Gasteiger partial charge in [-0.15, -0.1) is 0 Å². The Kier molecular flexibility index (Phi) is 13.2. The number of carbonyl (C=O) groups is 2. The number of aliphatic imine (C=N–C) groups is 2. The minimum absolute atomic E-state index is 0.0114. The molecule has 2 aliphatic rings. The van der Waals surface area contributed by atoms with Crippen LogP contribution in [0.4, 0.5) is 0 Å². The van der Waals surface area contributed by atoms with Crippen LogP contribution in [0.2, 0.25) is 0 Å². The standard InChI is InChI=1S/C20H23N3O.C12H14BrN3O.C8H11BO2/c1-4-14-8-10-15(11-9-14)16-6-5-7-17(12-16)20(2)13-18(24)23(3)19(21)22-20;1-12(8-4-3-5-9(13)6-8)7-10(17)16(2)11(14)15-12;1-2-7-3-5-8(6-4-7)9(10)11/h5-12H,4,13H2,1-3H3,(H2,21,22);3-6H,7H2,1-2H3,(H2,14,15);3-6,10-11H,2H2,1H3. The van der Waals surface area contributed by atoms with E-state index >= 15 is 0 Å². The molecule has 12 heteroatoms. The normalized spacial score (nSPS) is 19.8. The van der Waals surface area contributed by atoms with Crippen LogP contribution in [-0.2, 0) is 33.5 Å². The SMILES string of the molecule is CCc1ccc(-c2cccc(C3(C)CC(=O)N(C)C(N)=N3)c2)cc1.CCc1ccc(B(O)O)cc1.CN1C(=O)CC(C)(c2cccc(Br)c2)N=C1N. The van der Waals surface area contributed by atoms with Crippen LogP contribution in [0.3, 0.4) is 0 Å². The van der Waals surface area contributed by atoms with Gasteiger partial charge in [0.1, 0.15) is 0 Å². The second-order valence-electron chi connectivity index (χ2n) is 13.4. The fraction of sp³-hybridized carbons (Fsp3) is 0.300. The lowest BCUT2D eigenvalue weighted by Gasteiger charge is -2.33. The van der Waals surface area contributed by atoms with Gasteiger partial charge in [0.15, 0.2) is 11.9 Å². The zero-order valence-electron chi connectivity index (χ0n) is 30.7. The molecule has 272 valence electrons. The third kappa shape index (κ3) is 9.75. The number of halogens is 1. The van der Waals surface area contributed by atoms with E-state index in [1.807, 2.05) is 62.4 Å². The fourth-order valence-electron chi connectivity index (χ4n) is 5.87. The number of aryl methyl sites for hydroxylation is 2. The Morgan fingerprint density at radius 3 is 1.56 bits per heavy atom. The molecule has 0 aromatic heterocycles. The summed E-state index contributed by atoms with van der Waals surface area (Å²) in [6.45, 7) is 8.09. The van der Waals surface area contributed by atoms with Crippen molar-refractivity contribution >= 4 is 52.2 Å². The van der Waals surface area contributed by atoms with Crippen LogP contribution in [-0.4, -0.2) is 64.8 Å². The van der Waals surface area contributed by atoms with Gasteiger partial charge in [0.2, 0.25) is 11.8 Å². The Morgan fingerprint density at radius 1 is 0.692 bits per heavy atom. The second kappa shape index (κ2) is 17.2. The maximum atomic E-state index is 12.2. The maximum Gasteiger partial charge on any atom is 0.488 e. The number of rotatable bonds is 6. The van der Waals surface area contributed by atoms with Gasteiger partial charge in [-0.2, -0.15) is 0 Å². The third-order valence-corrected chi connectivity index (χ3v) is 9.95. The van der Waals surface area contributed by atoms with Crippen molar-refractivity contribution in [1.82, 2.24) is 9.80 Å². The summed E-state index contributed by atoms with van der Waals surface area (Å²) in [6.07, 6.45) is 2.66. The Balaban J connectivity index is 0.000000188. The van der Waals surface area contributed by atoms with Gasteiger partial charge < -0.3 is 21.5 Å². The molecular formula is C40H48BBrN6O4. The van der Waals surface area contributed by atoms with Crippen LogP contribution in [0.1, 0.15) is 62.8 Å². The Bertz CT molecular complexity index is 1940. The van der Waals surface area contributed by atoms with Crippen molar-refractivity contribution in [2.24, 2.45) is 21.5 Å². The highest BCUT2D eigenvalue weighted by Gasteiger charge is 2.37. The van der Waals surface area contributed by atoms with Crippen molar-refractivity contribution in [2.75, 3.05) is 14.1 Å². The topological polar surface area (TPSA) is 158 Å². The van der Waals surface area contributed by atoms with E-state index in [-0.39, 0.29) is 23.7 Å². The average molecular weight is 768 g/mol. The first-order chi connectivity index (χ1) is 24.6. The number of nitrogens with two attached hydrogens (primary N) is 2. The van der Waals surface area contributed by atoms with Gasteiger partial charge in [-0.05, 0) is 83.7 Å². The van der Waals surface area contributed by atoms with E-state index in [1.54, 1.807) is 26.2 Å². The first-order valence-electron chi connectivity index (χ1n) is 17.2. The number of benzene rings is 4. The van der Waals surface area contributed by atoms with Crippen molar-refractivity contribution in [3.63, 3.8) is 0 Å². The average Bonchev–Trinajstić information content (AvgIpc) is 3.13. The fourth-order valence-corrected chi connectivity index (χ4v) is 6.26. The highest BCUT2D eigenvalue weighted by atomic mass is 79.9. The molecule has 0 aliphatic carbocycles. The van der Waals surface area contributed by atoms with E-state index in [2.05, 4.69) is 76.2 Å². The molecular weight excluding hydrogens is 719 g/mol.